The highest BCUT2D eigenvalue weighted by Crippen LogP contribution is 2.26. The number of nitrogens with one attached hydrogen (secondary N) is 1. The first kappa shape index (κ1) is 10.6. The Morgan fingerprint density at radius 2 is 1.88 bits per heavy atom. The molecule has 2 heteroatoms. The fourth-order valence-corrected chi connectivity index (χ4v) is 3.26. The number of H-pyrrole nitrogens is 1. The SMILES string of the molecule is Cc1cc2sc(CCc3ccccc3)cc2[nH]1. The van der Waals surface area contributed by atoms with Crippen LogP contribution in [0, 0.1) is 6.92 Å². The highest BCUT2D eigenvalue weighted by molar-refractivity contribution is 7.19. The summed E-state index contributed by atoms with van der Waals surface area (Å²) < 4.78 is 1.38. The molecule has 0 saturated carbocycles. The van der Waals surface area contributed by atoms with Crippen LogP contribution in [0.3, 0.4) is 0 Å². The molecule has 0 amide bonds. The Kier molecular flexibility index (Phi) is 2.73. The standard InChI is InChI=1S/C15H15NS/c1-11-9-15-14(16-11)10-13(17-15)8-7-12-5-3-2-4-6-12/h2-6,9-10,16H,7-8H2,1H3. The van der Waals surface area contributed by atoms with Crippen LogP contribution in [-0.2, 0) is 12.8 Å². The van der Waals surface area contributed by atoms with Crippen molar-refractivity contribution in [3.63, 3.8) is 0 Å². The third kappa shape index (κ3) is 2.27. The molecule has 0 fully saturated rings. The Morgan fingerprint density at radius 1 is 1.06 bits per heavy atom. The Hall–Kier alpha value is -1.54. The van der Waals surface area contributed by atoms with E-state index in [4.69, 9.17) is 0 Å². The number of thiophene rings is 1. The third-order valence-electron chi connectivity index (χ3n) is 2.99. The van der Waals surface area contributed by atoms with Crippen molar-refractivity contribution in [2.45, 2.75) is 19.8 Å². The van der Waals surface area contributed by atoms with Crippen LogP contribution in [0.1, 0.15) is 16.1 Å². The molecule has 0 radical (unpaired) electrons. The molecule has 2 heterocycles. The average Bonchev–Trinajstić information content (AvgIpc) is 2.84. The number of fused-ring (bicyclic) bond motifs is 1. The van der Waals surface area contributed by atoms with E-state index < -0.39 is 0 Å². The predicted octanol–water partition coefficient (Wildman–Crippen LogP) is 4.32. The molecule has 0 aliphatic carbocycles. The molecular formula is C15H15NS. The Bertz CT molecular complexity index is 587. The second-order valence-electron chi connectivity index (χ2n) is 4.43. The number of hydrogen-bond donors (Lipinski definition) is 1. The van der Waals surface area contributed by atoms with Crippen molar-refractivity contribution in [3.8, 4) is 0 Å². The quantitative estimate of drug-likeness (QED) is 0.702. The molecule has 1 nitrogen and oxygen atoms in total. The molecule has 0 saturated heterocycles. The smallest absolute Gasteiger partial charge is 0.0568 e. The lowest BCUT2D eigenvalue weighted by molar-refractivity contribution is 0.981. The topological polar surface area (TPSA) is 15.8 Å². The van der Waals surface area contributed by atoms with E-state index in [1.165, 1.54) is 26.4 Å². The summed E-state index contributed by atoms with van der Waals surface area (Å²) >= 11 is 1.91. The lowest BCUT2D eigenvalue weighted by atomic mass is 10.1. The summed E-state index contributed by atoms with van der Waals surface area (Å²) in [4.78, 5) is 4.86. The maximum atomic E-state index is 3.39. The fourth-order valence-electron chi connectivity index (χ4n) is 2.14. The van der Waals surface area contributed by atoms with Crippen LogP contribution in [0.2, 0.25) is 0 Å². The van der Waals surface area contributed by atoms with Gasteiger partial charge in [0.2, 0.25) is 0 Å². The summed E-state index contributed by atoms with van der Waals surface area (Å²) in [5, 5.41) is 0. The van der Waals surface area contributed by atoms with Crippen molar-refractivity contribution in [1.29, 1.82) is 0 Å². The van der Waals surface area contributed by atoms with E-state index in [1.807, 2.05) is 11.3 Å². The number of aryl methyl sites for hydroxylation is 3. The largest absolute Gasteiger partial charge is 0.358 e. The Morgan fingerprint density at radius 3 is 2.65 bits per heavy atom. The van der Waals surface area contributed by atoms with Crippen LogP contribution in [0.5, 0.6) is 0 Å². The molecule has 0 aliphatic rings. The predicted molar refractivity (Wildman–Crippen MR) is 74.8 cm³/mol. The minimum atomic E-state index is 1.13. The first-order valence-electron chi connectivity index (χ1n) is 5.93. The molecule has 3 rings (SSSR count). The maximum Gasteiger partial charge on any atom is 0.0568 e. The van der Waals surface area contributed by atoms with Crippen LogP contribution in [0.25, 0.3) is 10.2 Å². The lowest BCUT2D eigenvalue weighted by Gasteiger charge is -1.98. The molecular weight excluding hydrogens is 226 g/mol. The lowest BCUT2D eigenvalue weighted by Crippen LogP contribution is -1.87. The number of rotatable bonds is 3. The third-order valence-corrected chi connectivity index (χ3v) is 4.14. The van der Waals surface area contributed by atoms with Gasteiger partial charge in [-0.1, -0.05) is 30.3 Å². The summed E-state index contributed by atoms with van der Waals surface area (Å²) in [5.74, 6) is 0. The number of benzene rings is 1. The Balaban J connectivity index is 1.75. The molecule has 2 aromatic heterocycles. The molecule has 17 heavy (non-hydrogen) atoms. The first-order valence-corrected chi connectivity index (χ1v) is 6.75. The monoisotopic (exact) mass is 241 g/mol. The normalized spacial score (nSPS) is 11.1. The molecule has 3 aromatic rings. The van der Waals surface area contributed by atoms with Crippen molar-refractivity contribution in [2.75, 3.05) is 0 Å². The van der Waals surface area contributed by atoms with Gasteiger partial charge < -0.3 is 4.98 Å². The van der Waals surface area contributed by atoms with Gasteiger partial charge in [-0.15, -0.1) is 11.3 Å². The highest BCUT2D eigenvalue weighted by Gasteiger charge is 2.04. The summed E-state index contributed by atoms with van der Waals surface area (Å²) in [6, 6.07) is 15.2. The van der Waals surface area contributed by atoms with Crippen molar-refractivity contribution >= 4 is 21.6 Å². The van der Waals surface area contributed by atoms with Gasteiger partial charge in [0.05, 0.1) is 10.2 Å². The summed E-state index contributed by atoms with van der Waals surface area (Å²) in [6.07, 6.45) is 2.26. The average molecular weight is 241 g/mol. The molecule has 0 spiro atoms. The number of aromatic nitrogens is 1. The zero-order valence-electron chi connectivity index (χ0n) is 9.86. The molecule has 1 aromatic carbocycles. The highest BCUT2D eigenvalue weighted by atomic mass is 32.1. The van der Waals surface area contributed by atoms with Crippen LogP contribution in [0.4, 0.5) is 0 Å². The van der Waals surface area contributed by atoms with Gasteiger partial charge in [-0.3, -0.25) is 0 Å². The van der Waals surface area contributed by atoms with Gasteiger partial charge in [0.25, 0.3) is 0 Å². The maximum absolute atomic E-state index is 3.39. The van der Waals surface area contributed by atoms with Gasteiger partial charge in [0.1, 0.15) is 0 Å². The van der Waals surface area contributed by atoms with Crippen LogP contribution < -0.4 is 0 Å². The van der Waals surface area contributed by atoms with Crippen molar-refractivity contribution in [2.24, 2.45) is 0 Å². The van der Waals surface area contributed by atoms with Gasteiger partial charge in [0.15, 0.2) is 0 Å². The van der Waals surface area contributed by atoms with Crippen LogP contribution in [0.15, 0.2) is 42.5 Å². The zero-order chi connectivity index (χ0) is 11.7. The van der Waals surface area contributed by atoms with E-state index in [1.54, 1.807) is 0 Å². The second-order valence-corrected chi connectivity index (χ2v) is 5.60. The first-order chi connectivity index (χ1) is 8.31. The van der Waals surface area contributed by atoms with Gasteiger partial charge in [-0.2, -0.15) is 0 Å². The molecule has 0 aliphatic heterocycles. The van der Waals surface area contributed by atoms with E-state index in [-0.39, 0.29) is 0 Å². The van der Waals surface area contributed by atoms with E-state index >= 15 is 0 Å². The summed E-state index contributed by atoms with van der Waals surface area (Å²) in [5.41, 5.74) is 3.96. The van der Waals surface area contributed by atoms with Crippen LogP contribution in [-0.4, -0.2) is 4.98 Å². The molecule has 0 unspecified atom stereocenters. The molecule has 1 N–H and O–H groups in total. The van der Waals surface area contributed by atoms with Gasteiger partial charge in [-0.05, 0) is 37.5 Å². The van der Waals surface area contributed by atoms with Gasteiger partial charge in [0, 0.05) is 10.6 Å². The van der Waals surface area contributed by atoms with Crippen LogP contribution >= 0.6 is 11.3 Å². The van der Waals surface area contributed by atoms with E-state index in [2.05, 4.69) is 54.4 Å². The molecule has 0 bridgehead atoms. The molecule has 0 atom stereocenters. The fraction of sp³-hybridized carbons (Fsp3) is 0.200. The molecule has 86 valence electrons. The second kappa shape index (κ2) is 4.38. The zero-order valence-corrected chi connectivity index (χ0v) is 10.7. The number of aromatic amines is 1. The minimum absolute atomic E-state index is 1.13. The van der Waals surface area contributed by atoms with Crippen molar-refractivity contribution in [1.82, 2.24) is 4.98 Å². The minimum Gasteiger partial charge on any atom is -0.358 e. The summed E-state index contributed by atoms with van der Waals surface area (Å²) in [7, 11) is 0. The van der Waals surface area contributed by atoms with E-state index in [9.17, 15) is 0 Å². The van der Waals surface area contributed by atoms with Crippen molar-refractivity contribution < 1.29 is 0 Å². The van der Waals surface area contributed by atoms with E-state index in [0.29, 0.717) is 0 Å². The Labute approximate surface area is 105 Å². The number of hydrogen-bond acceptors (Lipinski definition) is 1. The summed E-state index contributed by atoms with van der Waals surface area (Å²) in [6.45, 7) is 2.11. The van der Waals surface area contributed by atoms with Gasteiger partial charge >= 0.3 is 0 Å². The van der Waals surface area contributed by atoms with E-state index in [0.717, 1.165) is 12.8 Å². The van der Waals surface area contributed by atoms with Gasteiger partial charge in [-0.25, -0.2) is 0 Å². The van der Waals surface area contributed by atoms with Crippen molar-refractivity contribution in [3.05, 3.63) is 58.6 Å².